The van der Waals surface area contributed by atoms with Gasteiger partial charge in [0.2, 0.25) is 0 Å². The second-order valence-electron chi connectivity index (χ2n) is 15.2. The fraction of sp³-hybridized carbons (Fsp3) is 0.822. The fourth-order valence-corrected chi connectivity index (χ4v) is 6.69. The van der Waals surface area contributed by atoms with Gasteiger partial charge < -0.3 is 19.3 Å². The monoisotopic (exact) mass is 798 g/mol. The van der Waals surface area contributed by atoms with E-state index in [1.165, 1.54) is 103 Å². The van der Waals surface area contributed by atoms with Crippen LogP contribution in [0.4, 0.5) is 0 Å². The number of allylic oxidation sites excluding steroid dienone is 6. The summed E-state index contributed by atoms with van der Waals surface area (Å²) in [4.78, 5) is 37.0. The number of likely N-dealkylation sites (N-methyl/N-ethyl adjacent to an activating group) is 1. The number of hydrogen-bond acceptors (Lipinski definition) is 8. The molecule has 2 unspecified atom stereocenters. The van der Waals surface area contributed by atoms with Crippen molar-refractivity contribution in [3.8, 4) is 0 Å². The lowest BCUT2D eigenvalue weighted by Gasteiger charge is -2.20. The molecule has 0 aliphatic carbocycles. The van der Waals surface area contributed by atoms with Gasteiger partial charge in [0.1, 0.15) is 6.61 Å². The van der Waals surface area contributed by atoms with Crippen molar-refractivity contribution >= 4 is 19.8 Å². The summed E-state index contributed by atoms with van der Waals surface area (Å²) in [6, 6.07) is 0. The zero-order chi connectivity index (χ0) is 40.5. The number of ether oxygens (including phenoxy) is 2. The molecule has 0 aliphatic heterocycles. The molecule has 322 valence electrons. The summed E-state index contributed by atoms with van der Waals surface area (Å²) in [7, 11) is -0.717. The quantitative estimate of drug-likeness (QED) is 0.0280. The maximum atomic E-state index is 12.6. The van der Waals surface area contributed by atoms with Gasteiger partial charge >= 0.3 is 19.8 Å². The van der Waals surface area contributed by atoms with E-state index in [2.05, 4.69) is 50.3 Å². The van der Waals surface area contributed by atoms with E-state index < -0.39 is 26.5 Å². The van der Waals surface area contributed by atoms with Crippen LogP contribution < -0.4 is 0 Å². The lowest BCUT2D eigenvalue weighted by atomic mass is 10.1. The predicted octanol–water partition coefficient (Wildman–Crippen LogP) is 12.8. The molecule has 0 aliphatic rings. The average molecular weight is 798 g/mol. The van der Waals surface area contributed by atoms with Crippen molar-refractivity contribution < 1.29 is 37.6 Å². The van der Waals surface area contributed by atoms with E-state index in [0.717, 1.165) is 57.8 Å². The number of hydrogen-bond donors (Lipinski definition) is 1. The molecule has 0 saturated carbocycles. The second kappa shape index (κ2) is 40.4. The molecule has 10 heteroatoms. The van der Waals surface area contributed by atoms with Crippen LogP contribution >= 0.6 is 7.82 Å². The van der Waals surface area contributed by atoms with Crippen molar-refractivity contribution in [2.24, 2.45) is 0 Å². The third-order valence-electron chi connectivity index (χ3n) is 9.42. The first-order valence-electron chi connectivity index (χ1n) is 22.3. The lowest BCUT2D eigenvalue weighted by Crippen LogP contribution is -2.29. The van der Waals surface area contributed by atoms with Gasteiger partial charge in [0.25, 0.3) is 0 Å². The van der Waals surface area contributed by atoms with Crippen LogP contribution in [0, 0.1) is 0 Å². The highest BCUT2D eigenvalue weighted by Crippen LogP contribution is 2.43. The van der Waals surface area contributed by atoms with Crippen LogP contribution in [0.5, 0.6) is 0 Å². The smallest absolute Gasteiger partial charge is 0.462 e. The molecule has 0 saturated heterocycles. The molecular weight excluding hydrogens is 713 g/mol. The Hall–Kier alpha value is -1.77. The normalized spacial score (nSPS) is 13.7. The van der Waals surface area contributed by atoms with Crippen molar-refractivity contribution in [1.82, 2.24) is 4.90 Å². The standard InChI is InChI=1S/C45H84NO8P/c1-5-7-9-11-13-15-17-19-20-21-22-23-24-26-27-29-31-33-35-37-44(47)51-41-43(42-53-55(49,50)52-40-39-46(3)4)54-45(48)38-36-34-32-30-28-25-18-16-14-12-10-8-6-2/h13,15-16,18-20,43H,5-12,14,17,21-42H2,1-4H3,(H,49,50)/b15-13-,18-16-,20-19-. The number of esters is 2. The van der Waals surface area contributed by atoms with Gasteiger partial charge in [-0.15, -0.1) is 0 Å². The van der Waals surface area contributed by atoms with Gasteiger partial charge in [0.15, 0.2) is 6.10 Å². The predicted molar refractivity (Wildman–Crippen MR) is 229 cm³/mol. The Morgan fingerprint density at radius 2 is 0.982 bits per heavy atom. The topological polar surface area (TPSA) is 112 Å². The largest absolute Gasteiger partial charge is 0.472 e. The fourth-order valence-electron chi connectivity index (χ4n) is 5.95. The van der Waals surface area contributed by atoms with E-state index in [1.54, 1.807) is 0 Å². The SMILES string of the molecule is CCCCC/C=C\C/C=C\CCCCCCCCCCCC(=O)OCC(COP(=O)(O)OCCN(C)C)OC(=O)CCCCCCC/C=C\CCCCCC. The molecule has 0 fully saturated rings. The van der Waals surface area contributed by atoms with Crippen molar-refractivity contribution in [1.29, 1.82) is 0 Å². The van der Waals surface area contributed by atoms with Crippen molar-refractivity contribution in [2.75, 3.05) is 40.5 Å². The number of nitrogens with zero attached hydrogens (tertiary/aromatic N) is 1. The Morgan fingerprint density at radius 1 is 0.564 bits per heavy atom. The third-order valence-corrected chi connectivity index (χ3v) is 10.4. The molecule has 2 atom stereocenters. The molecule has 1 N–H and O–H groups in total. The number of phosphoric acid groups is 1. The Bertz CT molecular complexity index is 1010. The highest BCUT2D eigenvalue weighted by molar-refractivity contribution is 7.47. The van der Waals surface area contributed by atoms with Gasteiger partial charge in [-0.2, -0.15) is 0 Å². The van der Waals surface area contributed by atoms with Gasteiger partial charge in [0.05, 0.1) is 13.2 Å². The number of rotatable bonds is 41. The summed E-state index contributed by atoms with van der Waals surface area (Å²) in [5.41, 5.74) is 0. The first-order valence-corrected chi connectivity index (χ1v) is 23.8. The number of unbranched alkanes of at least 4 members (excludes halogenated alkanes) is 21. The molecule has 0 heterocycles. The Morgan fingerprint density at radius 3 is 1.49 bits per heavy atom. The highest BCUT2D eigenvalue weighted by Gasteiger charge is 2.26. The van der Waals surface area contributed by atoms with Crippen LogP contribution in [0.15, 0.2) is 36.5 Å². The number of carbonyl (C=O) groups excluding carboxylic acids is 2. The van der Waals surface area contributed by atoms with Gasteiger partial charge in [0, 0.05) is 19.4 Å². The van der Waals surface area contributed by atoms with Gasteiger partial charge in [-0.1, -0.05) is 147 Å². The minimum Gasteiger partial charge on any atom is -0.462 e. The van der Waals surface area contributed by atoms with E-state index >= 15 is 0 Å². The molecule has 0 bridgehead atoms. The molecule has 0 radical (unpaired) electrons. The minimum atomic E-state index is -4.36. The minimum absolute atomic E-state index is 0.00509. The lowest BCUT2D eigenvalue weighted by molar-refractivity contribution is -0.161. The van der Waals surface area contributed by atoms with E-state index in [-0.39, 0.29) is 32.0 Å². The highest BCUT2D eigenvalue weighted by atomic mass is 31.2. The van der Waals surface area contributed by atoms with Crippen LogP contribution in [0.2, 0.25) is 0 Å². The van der Waals surface area contributed by atoms with Gasteiger partial charge in [-0.25, -0.2) is 4.57 Å². The molecule has 9 nitrogen and oxygen atoms in total. The van der Waals surface area contributed by atoms with Crippen LogP contribution in [0.3, 0.4) is 0 Å². The van der Waals surface area contributed by atoms with Crippen molar-refractivity contribution in [3.63, 3.8) is 0 Å². The summed E-state index contributed by atoms with van der Waals surface area (Å²) in [5.74, 6) is -0.816. The number of carbonyl (C=O) groups is 2. The van der Waals surface area contributed by atoms with E-state index in [9.17, 15) is 19.0 Å². The maximum Gasteiger partial charge on any atom is 0.472 e. The summed E-state index contributed by atoms with van der Waals surface area (Å²) in [6.45, 7) is 4.27. The molecule has 0 spiro atoms. The Kier molecular flexibility index (Phi) is 39.1. The van der Waals surface area contributed by atoms with Crippen molar-refractivity contribution in [3.05, 3.63) is 36.5 Å². The van der Waals surface area contributed by atoms with E-state index in [0.29, 0.717) is 13.0 Å². The van der Waals surface area contributed by atoms with E-state index in [1.807, 2.05) is 19.0 Å². The third kappa shape index (κ3) is 41.7. The molecule has 0 aromatic carbocycles. The maximum absolute atomic E-state index is 12.6. The zero-order valence-electron chi connectivity index (χ0n) is 35.9. The Labute approximate surface area is 338 Å². The molecule has 0 aromatic rings. The molecule has 0 aromatic heterocycles. The second-order valence-corrected chi connectivity index (χ2v) is 16.7. The van der Waals surface area contributed by atoms with Crippen LogP contribution in [-0.4, -0.2) is 68.3 Å². The average Bonchev–Trinajstić information content (AvgIpc) is 3.15. The summed E-state index contributed by atoms with van der Waals surface area (Å²) in [5, 5.41) is 0. The van der Waals surface area contributed by atoms with E-state index in [4.69, 9.17) is 18.5 Å². The summed E-state index contributed by atoms with van der Waals surface area (Å²) >= 11 is 0. The Balaban J connectivity index is 4.25. The molecule has 55 heavy (non-hydrogen) atoms. The van der Waals surface area contributed by atoms with Crippen LogP contribution in [-0.2, 0) is 32.7 Å². The molecular formula is C45H84NO8P. The van der Waals surface area contributed by atoms with Crippen LogP contribution in [0.25, 0.3) is 0 Å². The van der Waals surface area contributed by atoms with Crippen molar-refractivity contribution in [2.45, 2.75) is 200 Å². The number of phosphoric ester groups is 1. The van der Waals surface area contributed by atoms with Gasteiger partial charge in [-0.05, 0) is 84.7 Å². The first kappa shape index (κ1) is 53.2. The van der Waals surface area contributed by atoms with Crippen LogP contribution in [0.1, 0.15) is 194 Å². The zero-order valence-corrected chi connectivity index (χ0v) is 36.8. The summed E-state index contributed by atoms with van der Waals surface area (Å²) < 4.78 is 33.5. The molecule has 0 rings (SSSR count). The first-order chi connectivity index (χ1) is 26.7. The van der Waals surface area contributed by atoms with Gasteiger partial charge in [-0.3, -0.25) is 18.6 Å². The molecule has 0 amide bonds. The summed E-state index contributed by atoms with van der Waals surface area (Å²) in [6.07, 6.45) is 43.3.